The Kier molecular flexibility index (Phi) is 5.09. The maximum Gasteiger partial charge on any atom is 0.0991 e. The Morgan fingerprint density at radius 2 is 1.91 bits per heavy atom. The van der Waals surface area contributed by atoms with E-state index < -0.39 is 0 Å². The third-order valence-corrected chi connectivity index (χ3v) is 4.87. The van der Waals surface area contributed by atoms with Gasteiger partial charge in [0.25, 0.3) is 0 Å². The average molecular weight is 299 g/mol. The van der Waals surface area contributed by atoms with E-state index in [2.05, 4.69) is 34.9 Å². The second-order valence-corrected chi connectivity index (χ2v) is 6.48. The van der Waals surface area contributed by atoms with E-state index in [0.717, 1.165) is 44.9 Å². The zero-order valence-electron chi connectivity index (χ0n) is 13.4. The SMILES string of the molecule is CC1CC(N2CCN(Cc3ccc(C#N)cc3)CC2)CCO1. The first-order chi connectivity index (χ1) is 10.7. The second kappa shape index (κ2) is 7.23. The monoisotopic (exact) mass is 299 g/mol. The van der Waals surface area contributed by atoms with Crippen molar-refractivity contribution in [3.63, 3.8) is 0 Å². The third kappa shape index (κ3) is 3.86. The molecule has 0 amide bonds. The Morgan fingerprint density at radius 1 is 1.18 bits per heavy atom. The van der Waals surface area contributed by atoms with Gasteiger partial charge in [-0.05, 0) is 37.5 Å². The number of rotatable bonds is 3. The predicted molar refractivity (Wildman–Crippen MR) is 86.4 cm³/mol. The number of hydrogen-bond donors (Lipinski definition) is 0. The Morgan fingerprint density at radius 3 is 2.55 bits per heavy atom. The van der Waals surface area contributed by atoms with Crippen molar-refractivity contribution in [2.24, 2.45) is 0 Å². The van der Waals surface area contributed by atoms with Crippen LogP contribution in [0.5, 0.6) is 0 Å². The van der Waals surface area contributed by atoms with Gasteiger partial charge in [0.05, 0.1) is 17.7 Å². The lowest BCUT2D eigenvalue weighted by atomic mass is 10.0. The Balaban J connectivity index is 1.48. The largest absolute Gasteiger partial charge is 0.378 e. The molecule has 4 heteroatoms. The van der Waals surface area contributed by atoms with Crippen molar-refractivity contribution in [2.45, 2.75) is 38.5 Å². The minimum absolute atomic E-state index is 0.412. The summed E-state index contributed by atoms with van der Waals surface area (Å²) in [7, 11) is 0. The van der Waals surface area contributed by atoms with Gasteiger partial charge < -0.3 is 4.74 Å². The molecule has 1 aromatic carbocycles. The summed E-state index contributed by atoms with van der Waals surface area (Å²) in [5.41, 5.74) is 2.04. The standard InChI is InChI=1S/C18H25N3O/c1-15-12-18(6-11-22-15)21-9-7-20(8-10-21)14-17-4-2-16(13-19)3-5-17/h2-5,15,18H,6-12,14H2,1H3. The lowest BCUT2D eigenvalue weighted by molar-refractivity contribution is -0.0286. The van der Waals surface area contributed by atoms with Crippen LogP contribution in [0.15, 0.2) is 24.3 Å². The molecule has 0 aromatic heterocycles. The second-order valence-electron chi connectivity index (χ2n) is 6.48. The van der Waals surface area contributed by atoms with Crippen LogP contribution in [0.1, 0.15) is 30.9 Å². The van der Waals surface area contributed by atoms with Crippen molar-refractivity contribution in [3.05, 3.63) is 35.4 Å². The Hall–Kier alpha value is -1.41. The van der Waals surface area contributed by atoms with Crippen molar-refractivity contribution in [1.82, 2.24) is 9.80 Å². The summed E-state index contributed by atoms with van der Waals surface area (Å²) in [4.78, 5) is 5.16. The molecule has 3 rings (SSSR count). The highest BCUT2D eigenvalue weighted by Gasteiger charge is 2.27. The number of ether oxygens (including phenoxy) is 1. The zero-order valence-corrected chi connectivity index (χ0v) is 13.4. The van der Waals surface area contributed by atoms with Crippen LogP contribution in [0.4, 0.5) is 0 Å². The lowest BCUT2D eigenvalue weighted by Crippen LogP contribution is -2.52. The smallest absolute Gasteiger partial charge is 0.0991 e. The predicted octanol–water partition coefficient (Wildman–Crippen LogP) is 2.24. The molecule has 118 valence electrons. The maximum absolute atomic E-state index is 8.85. The average Bonchev–Trinajstić information content (AvgIpc) is 2.56. The van der Waals surface area contributed by atoms with Crippen LogP contribution >= 0.6 is 0 Å². The van der Waals surface area contributed by atoms with Gasteiger partial charge in [-0.25, -0.2) is 0 Å². The van der Waals surface area contributed by atoms with Crippen molar-refractivity contribution in [2.75, 3.05) is 32.8 Å². The van der Waals surface area contributed by atoms with Crippen molar-refractivity contribution in [3.8, 4) is 6.07 Å². The Labute approximate surface area is 133 Å². The number of hydrogen-bond acceptors (Lipinski definition) is 4. The molecule has 2 unspecified atom stereocenters. The van der Waals surface area contributed by atoms with Crippen LogP contribution < -0.4 is 0 Å². The van der Waals surface area contributed by atoms with Gasteiger partial charge in [0, 0.05) is 45.4 Å². The zero-order chi connectivity index (χ0) is 15.4. The molecule has 2 aliphatic heterocycles. The van der Waals surface area contributed by atoms with Gasteiger partial charge in [-0.1, -0.05) is 12.1 Å². The highest BCUT2D eigenvalue weighted by Crippen LogP contribution is 2.21. The number of nitrogens with zero attached hydrogens (tertiary/aromatic N) is 3. The highest BCUT2D eigenvalue weighted by molar-refractivity contribution is 5.31. The van der Waals surface area contributed by atoms with Crippen LogP contribution in [0, 0.1) is 11.3 Å². The molecule has 0 N–H and O–H groups in total. The van der Waals surface area contributed by atoms with E-state index in [-0.39, 0.29) is 0 Å². The fraction of sp³-hybridized carbons (Fsp3) is 0.611. The van der Waals surface area contributed by atoms with E-state index >= 15 is 0 Å². The van der Waals surface area contributed by atoms with E-state index in [1.807, 2.05) is 12.1 Å². The van der Waals surface area contributed by atoms with Crippen LogP contribution in [0.25, 0.3) is 0 Å². The van der Waals surface area contributed by atoms with Crippen LogP contribution in [-0.2, 0) is 11.3 Å². The summed E-state index contributed by atoms with van der Waals surface area (Å²) in [6.07, 6.45) is 2.77. The first-order valence-electron chi connectivity index (χ1n) is 8.31. The van der Waals surface area contributed by atoms with Crippen LogP contribution in [0.3, 0.4) is 0 Å². The summed E-state index contributed by atoms with van der Waals surface area (Å²) in [6.45, 7) is 8.67. The fourth-order valence-electron chi connectivity index (χ4n) is 3.54. The highest BCUT2D eigenvalue weighted by atomic mass is 16.5. The van der Waals surface area contributed by atoms with Crippen molar-refractivity contribution in [1.29, 1.82) is 5.26 Å². The molecule has 2 atom stereocenters. The molecule has 0 spiro atoms. The fourth-order valence-corrected chi connectivity index (χ4v) is 3.54. The summed E-state index contributed by atoms with van der Waals surface area (Å²) < 4.78 is 5.66. The van der Waals surface area contributed by atoms with E-state index in [4.69, 9.17) is 10.00 Å². The molecular weight excluding hydrogens is 274 g/mol. The minimum atomic E-state index is 0.412. The van der Waals surface area contributed by atoms with Gasteiger partial charge in [-0.15, -0.1) is 0 Å². The lowest BCUT2D eigenvalue weighted by Gasteiger charge is -2.42. The number of piperazine rings is 1. The van der Waals surface area contributed by atoms with Gasteiger partial charge in [-0.2, -0.15) is 5.26 Å². The topological polar surface area (TPSA) is 39.5 Å². The number of nitriles is 1. The minimum Gasteiger partial charge on any atom is -0.378 e. The van der Waals surface area contributed by atoms with Gasteiger partial charge in [0.15, 0.2) is 0 Å². The van der Waals surface area contributed by atoms with E-state index in [1.54, 1.807) is 0 Å². The first-order valence-corrected chi connectivity index (χ1v) is 8.31. The van der Waals surface area contributed by atoms with E-state index in [9.17, 15) is 0 Å². The summed E-state index contributed by atoms with van der Waals surface area (Å²) in [6, 6.07) is 10.9. The van der Waals surface area contributed by atoms with Gasteiger partial charge in [0.2, 0.25) is 0 Å². The molecule has 1 aromatic rings. The van der Waals surface area contributed by atoms with Gasteiger partial charge >= 0.3 is 0 Å². The quantitative estimate of drug-likeness (QED) is 0.858. The molecule has 0 saturated carbocycles. The summed E-state index contributed by atoms with van der Waals surface area (Å²) >= 11 is 0. The van der Waals surface area contributed by atoms with E-state index in [0.29, 0.717) is 12.1 Å². The molecule has 2 saturated heterocycles. The Bertz CT molecular complexity index is 514. The molecular formula is C18H25N3O. The molecule has 2 aliphatic rings. The molecule has 0 aliphatic carbocycles. The maximum atomic E-state index is 8.85. The normalized spacial score (nSPS) is 27.5. The molecule has 2 fully saturated rings. The number of benzene rings is 1. The van der Waals surface area contributed by atoms with Gasteiger partial charge in [0.1, 0.15) is 0 Å². The van der Waals surface area contributed by atoms with Crippen LogP contribution in [-0.4, -0.2) is 54.7 Å². The van der Waals surface area contributed by atoms with Crippen molar-refractivity contribution < 1.29 is 4.74 Å². The van der Waals surface area contributed by atoms with Crippen molar-refractivity contribution >= 4 is 0 Å². The third-order valence-electron chi connectivity index (χ3n) is 4.87. The first kappa shape index (κ1) is 15.5. The molecule has 0 bridgehead atoms. The molecule has 22 heavy (non-hydrogen) atoms. The molecule has 4 nitrogen and oxygen atoms in total. The molecule has 0 radical (unpaired) electrons. The summed E-state index contributed by atoms with van der Waals surface area (Å²) in [5, 5.41) is 8.85. The summed E-state index contributed by atoms with van der Waals surface area (Å²) in [5.74, 6) is 0. The van der Waals surface area contributed by atoms with Crippen LogP contribution in [0.2, 0.25) is 0 Å². The van der Waals surface area contributed by atoms with E-state index in [1.165, 1.54) is 18.4 Å². The van der Waals surface area contributed by atoms with Gasteiger partial charge in [-0.3, -0.25) is 9.80 Å². The molecule has 2 heterocycles.